The Hall–Kier alpha value is -2.73. The molecule has 0 aliphatic carbocycles. The number of aromatic hydroxyl groups is 1. The van der Waals surface area contributed by atoms with Crippen molar-refractivity contribution in [2.45, 2.75) is 32.4 Å². The normalized spacial score (nSPS) is 12.5. The van der Waals surface area contributed by atoms with Crippen LogP contribution in [-0.4, -0.2) is 34.1 Å². The highest BCUT2D eigenvalue weighted by Gasteiger charge is 2.21. The average molecular weight is 345 g/mol. The van der Waals surface area contributed by atoms with Crippen LogP contribution in [0.25, 0.3) is 0 Å². The summed E-state index contributed by atoms with van der Waals surface area (Å²) in [4.78, 5) is 11.2. The Kier molecular flexibility index (Phi) is 5.54. The maximum atomic E-state index is 11.2. The minimum Gasteiger partial charge on any atom is -0.508 e. The number of anilines is 1. The van der Waals surface area contributed by atoms with Gasteiger partial charge in [-0.3, -0.25) is 0 Å². The predicted octanol–water partition coefficient (Wildman–Crippen LogP) is 3.20. The second kappa shape index (κ2) is 7.44. The number of carbonyl (C=O) groups is 1. The van der Waals surface area contributed by atoms with Crippen LogP contribution in [-0.2, 0) is 5.41 Å². The van der Waals surface area contributed by atoms with Crippen molar-refractivity contribution in [1.29, 1.82) is 0 Å². The third-order valence-electron chi connectivity index (χ3n) is 3.63. The summed E-state index contributed by atoms with van der Waals surface area (Å²) in [6.45, 7) is 5.94. The number of benzene rings is 2. The van der Waals surface area contributed by atoms with E-state index >= 15 is 0 Å². The van der Waals surface area contributed by atoms with Crippen molar-refractivity contribution in [2.24, 2.45) is 0 Å². The van der Waals surface area contributed by atoms with Gasteiger partial charge in [-0.1, -0.05) is 26.8 Å². The minimum absolute atomic E-state index is 0.0625. The molecule has 0 heterocycles. The molecule has 6 heteroatoms. The lowest BCUT2D eigenvalue weighted by atomic mass is 9.86. The van der Waals surface area contributed by atoms with Crippen molar-refractivity contribution in [1.82, 2.24) is 0 Å². The molecule has 0 radical (unpaired) electrons. The fourth-order valence-corrected chi connectivity index (χ4v) is 2.35. The molecule has 1 atom stereocenters. The fraction of sp³-hybridized carbons (Fsp3) is 0.316. The van der Waals surface area contributed by atoms with Crippen LogP contribution >= 0.6 is 0 Å². The minimum atomic E-state index is -1.03. The van der Waals surface area contributed by atoms with E-state index in [0.717, 1.165) is 5.56 Å². The SMILES string of the molecule is CC(C)(C)c1ccc(C(=O)O)cc1OCC(O)Nc1ccc(O)cc1. The first-order valence-electron chi connectivity index (χ1n) is 7.91. The number of hydrogen-bond donors (Lipinski definition) is 4. The van der Waals surface area contributed by atoms with Crippen molar-refractivity contribution in [3.8, 4) is 11.5 Å². The second-order valence-electron chi connectivity index (χ2n) is 6.78. The topological polar surface area (TPSA) is 99.0 Å². The number of rotatable bonds is 6. The number of carboxylic acids is 1. The summed E-state index contributed by atoms with van der Waals surface area (Å²) in [5.41, 5.74) is 1.38. The molecule has 25 heavy (non-hydrogen) atoms. The van der Waals surface area contributed by atoms with Gasteiger partial charge in [0.05, 0.1) is 5.56 Å². The number of carboxylic acid groups (broad SMARTS) is 1. The maximum Gasteiger partial charge on any atom is 0.335 e. The van der Waals surface area contributed by atoms with E-state index in [9.17, 15) is 15.0 Å². The van der Waals surface area contributed by atoms with Gasteiger partial charge in [-0.15, -0.1) is 0 Å². The summed E-state index contributed by atoms with van der Waals surface area (Å²) in [5.74, 6) is -0.469. The van der Waals surface area contributed by atoms with Crippen LogP contribution < -0.4 is 10.1 Å². The highest BCUT2D eigenvalue weighted by molar-refractivity contribution is 5.88. The van der Waals surface area contributed by atoms with Gasteiger partial charge in [-0.25, -0.2) is 4.79 Å². The van der Waals surface area contributed by atoms with Gasteiger partial charge in [0.2, 0.25) is 0 Å². The Bertz CT molecular complexity index is 734. The van der Waals surface area contributed by atoms with Gasteiger partial charge in [0.1, 0.15) is 18.1 Å². The molecule has 0 aliphatic rings. The molecule has 0 fully saturated rings. The molecule has 1 unspecified atom stereocenters. The van der Waals surface area contributed by atoms with Gasteiger partial charge in [-0.05, 0) is 47.4 Å². The van der Waals surface area contributed by atoms with Crippen LogP contribution in [0.4, 0.5) is 5.69 Å². The van der Waals surface area contributed by atoms with Crippen LogP contribution in [0.15, 0.2) is 42.5 Å². The first-order valence-corrected chi connectivity index (χ1v) is 7.91. The molecule has 2 aromatic rings. The van der Waals surface area contributed by atoms with Gasteiger partial charge in [-0.2, -0.15) is 0 Å². The van der Waals surface area contributed by atoms with E-state index in [-0.39, 0.29) is 23.3 Å². The predicted molar refractivity (Wildman–Crippen MR) is 95.3 cm³/mol. The summed E-state index contributed by atoms with van der Waals surface area (Å²) in [5, 5.41) is 31.3. The Morgan fingerprint density at radius 3 is 2.36 bits per heavy atom. The number of phenols is 1. The van der Waals surface area contributed by atoms with Crippen LogP contribution in [0.2, 0.25) is 0 Å². The highest BCUT2D eigenvalue weighted by Crippen LogP contribution is 2.32. The molecule has 0 saturated heterocycles. The number of aliphatic hydroxyl groups excluding tert-OH is 1. The van der Waals surface area contributed by atoms with E-state index < -0.39 is 12.2 Å². The van der Waals surface area contributed by atoms with E-state index in [4.69, 9.17) is 9.84 Å². The first kappa shape index (κ1) is 18.6. The van der Waals surface area contributed by atoms with Crippen molar-refractivity contribution in [3.63, 3.8) is 0 Å². The molecule has 0 spiro atoms. The fourth-order valence-electron chi connectivity index (χ4n) is 2.35. The zero-order chi connectivity index (χ0) is 18.6. The molecule has 134 valence electrons. The molecular formula is C19H23NO5. The summed E-state index contributed by atoms with van der Waals surface area (Å²) in [7, 11) is 0. The monoisotopic (exact) mass is 345 g/mol. The number of hydrogen-bond acceptors (Lipinski definition) is 5. The Labute approximate surface area is 146 Å². The van der Waals surface area contributed by atoms with Crippen molar-refractivity contribution in [2.75, 3.05) is 11.9 Å². The molecular weight excluding hydrogens is 322 g/mol. The summed E-state index contributed by atoms with van der Waals surface area (Å²) >= 11 is 0. The van der Waals surface area contributed by atoms with Crippen molar-refractivity contribution < 1.29 is 24.9 Å². The molecule has 0 saturated carbocycles. The second-order valence-corrected chi connectivity index (χ2v) is 6.78. The summed E-state index contributed by atoms with van der Waals surface area (Å²) < 4.78 is 5.69. The average Bonchev–Trinajstić information content (AvgIpc) is 2.54. The molecule has 6 nitrogen and oxygen atoms in total. The number of aliphatic hydroxyl groups is 1. The van der Waals surface area contributed by atoms with E-state index in [2.05, 4.69) is 5.32 Å². The zero-order valence-corrected chi connectivity index (χ0v) is 14.5. The third-order valence-corrected chi connectivity index (χ3v) is 3.63. The van der Waals surface area contributed by atoms with E-state index in [0.29, 0.717) is 11.4 Å². The highest BCUT2D eigenvalue weighted by atomic mass is 16.5. The lowest BCUT2D eigenvalue weighted by Gasteiger charge is -2.24. The third kappa shape index (κ3) is 5.12. The number of ether oxygens (including phenoxy) is 1. The molecule has 0 bridgehead atoms. The lowest BCUT2D eigenvalue weighted by Crippen LogP contribution is -2.27. The van der Waals surface area contributed by atoms with Crippen LogP contribution in [0, 0.1) is 0 Å². The van der Waals surface area contributed by atoms with E-state index in [1.807, 2.05) is 20.8 Å². The largest absolute Gasteiger partial charge is 0.508 e. The quantitative estimate of drug-likeness (QED) is 0.474. The Morgan fingerprint density at radius 2 is 1.80 bits per heavy atom. The Morgan fingerprint density at radius 1 is 1.16 bits per heavy atom. The summed E-state index contributed by atoms with van der Waals surface area (Å²) in [6.07, 6.45) is -0.995. The standard InChI is InChI=1S/C19H23NO5/c1-19(2,3)15-9-4-12(18(23)24)10-16(15)25-11-17(22)20-13-5-7-14(21)8-6-13/h4-10,17,20-22H,11H2,1-3H3,(H,23,24). The number of nitrogens with one attached hydrogen (secondary N) is 1. The maximum absolute atomic E-state index is 11.2. The summed E-state index contributed by atoms with van der Waals surface area (Å²) in [6, 6.07) is 11.0. The number of aromatic carboxylic acids is 1. The first-order chi connectivity index (χ1) is 11.7. The number of phenolic OH excluding ortho intramolecular Hbond substituents is 1. The molecule has 0 aromatic heterocycles. The van der Waals surface area contributed by atoms with Crippen molar-refractivity contribution >= 4 is 11.7 Å². The van der Waals surface area contributed by atoms with Crippen LogP contribution in [0.1, 0.15) is 36.7 Å². The molecule has 0 amide bonds. The van der Waals surface area contributed by atoms with Gasteiger partial charge >= 0.3 is 5.97 Å². The Balaban J connectivity index is 2.11. The van der Waals surface area contributed by atoms with Gasteiger partial charge in [0, 0.05) is 5.69 Å². The van der Waals surface area contributed by atoms with Gasteiger partial charge < -0.3 is 25.4 Å². The van der Waals surface area contributed by atoms with Gasteiger partial charge in [0.25, 0.3) is 0 Å². The smallest absolute Gasteiger partial charge is 0.335 e. The van der Waals surface area contributed by atoms with E-state index in [1.165, 1.54) is 18.2 Å². The molecule has 2 rings (SSSR count). The van der Waals surface area contributed by atoms with Crippen molar-refractivity contribution in [3.05, 3.63) is 53.6 Å². The zero-order valence-electron chi connectivity index (χ0n) is 14.5. The molecule has 2 aromatic carbocycles. The molecule has 4 N–H and O–H groups in total. The van der Waals surface area contributed by atoms with Crippen LogP contribution in [0.3, 0.4) is 0 Å². The lowest BCUT2D eigenvalue weighted by molar-refractivity contribution is 0.0696. The van der Waals surface area contributed by atoms with Gasteiger partial charge in [0.15, 0.2) is 6.23 Å². The van der Waals surface area contributed by atoms with Crippen LogP contribution in [0.5, 0.6) is 11.5 Å². The molecule has 0 aliphatic heterocycles. The van der Waals surface area contributed by atoms with E-state index in [1.54, 1.807) is 24.3 Å².